The van der Waals surface area contributed by atoms with Crippen molar-refractivity contribution in [2.24, 2.45) is 0 Å². The van der Waals surface area contributed by atoms with Crippen LogP contribution in [0.25, 0.3) is 0 Å². The Hall–Kier alpha value is -1.06. The van der Waals surface area contributed by atoms with Crippen molar-refractivity contribution in [2.75, 3.05) is 26.2 Å². The number of rotatable bonds is 5. The van der Waals surface area contributed by atoms with Crippen LogP contribution in [0.4, 0.5) is 0 Å². The molecule has 2 rings (SSSR count). The highest BCUT2D eigenvalue weighted by molar-refractivity contribution is 5.85. The predicted octanol–water partition coefficient (Wildman–Crippen LogP) is 3.94. The molecule has 4 heteroatoms. The van der Waals surface area contributed by atoms with Crippen molar-refractivity contribution < 1.29 is 4.79 Å². The SMILES string of the molecule is CC(C)(C)c1ccc(CCCCC(=O)N2CCCNCC2)cc1.Cl. The highest BCUT2D eigenvalue weighted by Crippen LogP contribution is 2.22. The number of amides is 1. The summed E-state index contributed by atoms with van der Waals surface area (Å²) in [4.78, 5) is 14.2. The van der Waals surface area contributed by atoms with E-state index in [4.69, 9.17) is 0 Å². The molecule has 0 spiro atoms. The number of carbonyl (C=O) groups excluding carboxylic acids is 1. The first-order valence-corrected chi connectivity index (χ1v) is 9.05. The summed E-state index contributed by atoms with van der Waals surface area (Å²) in [7, 11) is 0. The second kappa shape index (κ2) is 10.0. The van der Waals surface area contributed by atoms with E-state index >= 15 is 0 Å². The van der Waals surface area contributed by atoms with Gasteiger partial charge < -0.3 is 10.2 Å². The molecule has 0 bridgehead atoms. The van der Waals surface area contributed by atoms with Gasteiger partial charge >= 0.3 is 0 Å². The average molecular weight is 353 g/mol. The molecule has 0 unspecified atom stereocenters. The zero-order valence-corrected chi connectivity index (χ0v) is 16.3. The minimum Gasteiger partial charge on any atom is -0.341 e. The summed E-state index contributed by atoms with van der Waals surface area (Å²) in [5.41, 5.74) is 2.98. The molecule has 0 radical (unpaired) electrons. The topological polar surface area (TPSA) is 32.3 Å². The third-order valence-corrected chi connectivity index (χ3v) is 4.62. The van der Waals surface area contributed by atoms with Crippen LogP contribution < -0.4 is 5.32 Å². The molecule has 1 aliphatic rings. The molecule has 1 heterocycles. The Kier molecular flexibility index (Phi) is 8.79. The lowest BCUT2D eigenvalue weighted by Gasteiger charge is -2.20. The molecule has 0 aromatic heterocycles. The molecule has 0 saturated carbocycles. The van der Waals surface area contributed by atoms with Crippen molar-refractivity contribution in [1.82, 2.24) is 10.2 Å². The molecule has 0 atom stereocenters. The number of carbonyl (C=O) groups is 1. The highest BCUT2D eigenvalue weighted by Gasteiger charge is 2.15. The van der Waals surface area contributed by atoms with Gasteiger partial charge in [-0.25, -0.2) is 0 Å². The fraction of sp³-hybridized carbons (Fsp3) is 0.650. The summed E-state index contributed by atoms with van der Waals surface area (Å²) in [6.45, 7) is 10.5. The Bertz CT molecular complexity index is 485. The van der Waals surface area contributed by atoms with Gasteiger partial charge in [-0.2, -0.15) is 0 Å². The van der Waals surface area contributed by atoms with Crippen molar-refractivity contribution in [3.8, 4) is 0 Å². The van der Waals surface area contributed by atoms with Gasteiger partial charge in [0.1, 0.15) is 0 Å². The van der Waals surface area contributed by atoms with Gasteiger partial charge in [-0.1, -0.05) is 45.0 Å². The first-order chi connectivity index (χ1) is 11.0. The van der Waals surface area contributed by atoms with Crippen molar-refractivity contribution in [3.05, 3.63) is 35.4 Å². The number of nitrogens with zero attached hydrogens (tertiary/aromatic N) is 1. The van der Waals surface area contributed by atoms with Crippen LogP contribution in [0.1, 0.15) is 57.6 Å². The molecule has 1 N–H and O–H groups in total. The van der Waals surface area contributed by atoms with E-state index in [9.17, 15) is 4.79 Å². The lowest BCUT2D eigenvalue weighted by atomic mass is 9.86. The van der Waals surface area contributed by atoms with Gasteiger partial charge in [0, 0.05) is 26.1 Å². The number of benzene rings is 1. The van der Waals surface area contributed by atoms with Crippen molar-refractivity contribution in [3.63, 3.8) is 0 Å². The van der Waals surface area contributed by atoms with E-state index in [2.05, 4.69) is 50.4 Å². The number of aryl methyl sites for hydroxylation is 1. The lowest BCUT2D eigenvalue weighted by Crippen LogP contribution is -2.33. The summed E-state index contributed by atoms with van der Waals surface area (Å²) in [5, 5.41) is 3.34. The minimum atomic E-state index is 0. The number of halogens is 1. The van der Waals surface area contributed by atoms with E-state index in [1.54, 1.807) is 0 Å². The van der Waals surface area contributed by atoms with E-state index in [1.165, 1.54) is 11.1 Å². The quantitative estimate of drug-likeness (QED) is 0.814. The molecule has 24 heavy (non-hydrogen) atoms. The highest BCUT2D eigenvalue weighted by atomic mass is 35.5. The Morgan fingerprint density at radius 3 is 2.46 bits per heavy atom. The Labute approximate surface area is 153 Å². The third kappa shape index (κ3) is 6.82. The minimum absolute atomic E-state index is 0. The van der Waals surface area contributed by atoms with Crippen LogP contribution in [0.2, 0.25) is 0 Å². The molecule has 1 aromatic rings. The average Bonchev–Trinajstić information content (AvgIpc) is 2.80. The fourth-order valence-electron chi connectivity index (χ4n) is 3.03. The molecular formula is C20H33ClN2O. The second-order valence-electron chi connectivity index (χ2n) is 7.64. The van der Waals surface area contributed by atoms with Crippen LogP contribution in [0, 0.1) is 0 Å². The van der Waals surface area contributed by atoms with E-state index in [1.807, 2.05) is 4.90 Å². The summed E-state index contributed by atoms with van der Waals surface area (Å²) < 4.78 is 0. The van der Waals surface area contributed by atoms with Crippen LogP contribution in [-0.2, 0) is 16.6 Å². The van der Waals surface area contributed by atoms with Crippen LogP contribution in [0.15, 0.2) is 24.3 Å². The summed E-state index contributed by atoms with van der Waals surface area (Å²) in [6.07, 6.45) is 4.92. The Morgan fingerprint density at radius 1 is 1.08 bits per heavy atom. The van der Waals surface area contributed by atoms with Gasteiger partial charge in [0.25, 0.3) is 0 Å². The standard InChI is InChI=1S/C20H32N2O.ClH/c1-20(2,3)18-11-9-17(10-12-18)7-4-5-8-19(23)22-15-6-13-21-14-16-22;/h9-12,21H,4-8,13-16H2,1-3H3;1H. The van der Waals surface area contributed by atoms with E-state index < -0.39 is 0 Å². The monoisotopic (exact) mass is 352 g/mol. The number of nitrogens with one attached hydrogen (secondary N) is 1. The Balaban J connectivity index is 0.00000288. The second-order valence-corrected chi connectivity index (χ2v) is 7.64. The van der Waals surface area contributed by atoms with Gasteiger partial charge in [0.15, 0.2) is 0 Å². The molecular weight excluding hydrogens is 320 g/mol. The van der Waals surface area contributed by atoms with Crippen molar-refractivity contribution in [1.29, 1.82) is 0 Å². The van der Waals surface area contributed by atoms with E-state index in [0.717, 1.165) is 51.9 Å². The van der Waals surface area contributed by atoms with Gasteiger partial charge in [0.2, 0.25) is 5.91 Å². The largest absolute Gasteiger partial charge is 0.341 e. The molecule has 136 valence electrons. The maximum atomic E-state index is 12.2. The summed E-state index contributed by atoms with van der Waals surface area (Å²) >= 11 is 0. The molecule has 1 saturated heterocycles. The number of hydrogen-bond acceptors (Lipinski definition) is 2. The Morgan fingerprint density at radius 2 is 1.79 bits per heavy atom. The van der Waals surface area contributed by atoms with Crippen LogP contribution in [-0.4, -0.2) is 37.0 Å². The maximum absolute atomic E-state index is 12.2. The first-order valence-electron chi connectivity index (χ1n) is 9.05. The van der Waals surface area contributed by atoms with Crippen molar-refractivity contribution >= 4 is 18.3 Å². The molecule has 1 fully saturated rings. The van der Waals surface area contributed by atoms with Gasteiger partial charge in [0.05, 0.1) is 0 Å². The van der Waals surface area contributed by atoms with E-state index in [-0.39, 0.29) is 17.8 Å². The number of hydrogen-bond donors (Lipinski definition) is 1. The van der Waals surface area contributed by atoms with Crippen LogP contribution in [0.3, 0.4) is 0 Å². The lowest BCUT2D eigenvalue weighted by molar-refractivity contribution is -0.131. The van der Waals surface area contributed by atoms with Crippen LogP contribution >= 0.6 is 12.4 Å². The van der Waals surface area contributed by atoms with Gasteiger partial charge in [-0.05, 0) is 48.8 Å². The maximum Gasteiger partial charge on any atom is 0.222 e. The van der Waals surface area contributed by atoms with Gasteiger partial charge in [-0.3, -0.25) is 4.79 Å². The zero-order valence-electron chi connectivity index (χ0n) is 15.4. The first kappa shape index (κ1) is 21.0. The van der Waals surface area contributed by atoms with Gasteiger partial charge in [-0.15, -0.1) is 12.4 Å². The smallest absolute Gasteiger partial charge is 0.222 e. The van der Waals surface area contributed by atoms with Crippen molar-refractivity contribution in [2.45, 2.75) is 58.3 Å². The fourth-order valence-corrected chi connectivity index (χ4v) is 3.03. The molecule has 1 aliphatic heterocycles. The third-order valence-electron chi connectivity index (χ3n) is 4.62. The number of unbranched alkanes of at least 4 members (excludes halogenated alkanes) is 1. The normalized spacial score (nSPS) is 15.5. The molecule has 3 nitrogen and oxygen atoms in total. The van der Waals surface area contributed by atoms with Crippen LogP contribution in [0.5, 0.6) is 0 Å². The van der Waals surface area contributed by atoms with E-state index in [0.29, 0.717) is 12.3 Å². The summed E-state index contributed by atoms with van der Waals surface area (Å²) in [5.74, 6) is 0.330. The molecule has 1 aromatic carbocycles. The molecule has 0 aliphatic carbocycles. The predicted molar refractivity (Wildman–Crippen MR) is 104 cm³/mol. The molecule has 1 amide bonds. The summed E-state index contributed by atoms with van der Waals surface area (Å²) in [6, 6.07) is 8.96. The zero-order chi connectivity index (χ0) is 16.7.